The number of aryl methyl sites for hydroxylation is 1. The Morgan fingerprint density at radius 2 is 2.00 bits per heavy atom. The van der Waals surface area contributed by atoms with E-state index in [9.17, 15) is 14.0 Å². The van der Waals surface area contributed by atoms with Crippen LogP contribution in [-0.2, 0) is 16.0 Å². The molecule has 4 rings (SSSR count). The van der Waals surface area contributed by atoms with Gasteiger partial charge in [-0.2, -0.15) is 0 Å². The molecule has 2 aromatic carbocycles. The summed E-state index contributed by atoms with van der Waals surface area (Å²) >= 11 is 0. The van der Waals surface area contributed by atoms with Crippen molar-refractivity contribution in [1.82, 2.24) is 4.90 Å². The van der Waals surface area contributed by atoms with Gasteiger partial charge in [-0.05, 0) is 67.1 Å². The van der Waals surface area contributed by atoms with Crippen LogP contribution < -0.4 is 10.1 Å². The second-order valence-corrected chi connectivity index (χ2v) is 7.62. The molecule has 152 valence electrons. The molecule has 0 saturated carbocycles. The van der Waals surface area contributed by atoms with Gasteiger partial charge in [0.1, 0.15) is 11.6 Å². The molecular formula is C23H25FN2O3. The molecule has 1 N–H and O–H groups in total. The number of carbonyl (C=O) groups excluding carboxylic acids is 2. The van der Waals surface area contributed by atoms with Crippen LogP contribution in [0.4, 0.5) is 10.1 Å². The van der Waals surface area contributed by atoms with Crippen molar-refractivity contribution in [3.05, 3.63) is 59.4 Å². The Bertz CT molecular complexity index is 897. The molecule has 1 fully saturated rings. The van der Waals surface area contributed by atoms with Gasteiger partial charge in [0.25, 0.3) is 0 Å². The number of fused-ring (bicyclic) bond motifs is 1. The minimum absolute atomic E-state index is 0.0416. The molecule has 2 aliphatic heterocycles. The van der Waals surface area contributed by atoms with Crippen LogP contribution in [0.3, 0.4) is 0 Å². The monoisotopic (exact) mass is 396 g/mol. The quantitative estimate of drug-likeness (QED) is 0.744. The molecule has 2 heterocycles. The SMILES string of the molecule is O=C1CCc2cc(OCCCC(=O)N3CCCC3c3ccc(F)cc3)ccc2N1. The standard InChI is InChI=1S/C23H25FN2O3/c24-18-8-5-16(6-9-18)21-3-1-13-26(21)23(28)4-2-14-29-19-10-11-20-17(15-19)7-12-22(27)25-20/h5-6,8-11,15,21H,1-4,7,12-14H2,(H,25,27). The van der Waals surface area contributed by atoms with E-state index in [2.05, 4.69) is 5.32 Å². The number of nitrogens with zero attached hydrogens (tertiary/aromatic N) is 1. The number of carbonyl (C=O) groups is 2. The van der Waals surface area contributed by atoms with Crippen LogP contribution in [0.2, 0.25) is 0 Å². The summed E-state index contributed by atoms with van der Waals surface area (Å²) in [6.45, 7) is 1.21. The van der Waals surface area contributed by atoms with Crippen molar-refractivity contribution in [3.63, 3.8) is 0 Å². The number of likely N-dealkylation sites (tertiary alicyclic amines) is 1. The van der Waals surface area contributed by atoms with E-state index in [1.54, 1.807) is 12.1 Å². The minimum atomic E-state index is -0.258. The summed E-state index contributed by atoms with van der Waals surface area (Å²) in [7, 11) is 0. The Balaban J connectivity index is 1.27. The summed E-state index contributed by atoms with van der Waals surface area (Å²) in [4.78, 5) is 26.0. The van der Waals surface area contributed by atoms with Crippen LogP contribution in [-0.4, -0.2) is 29.9 Å². The molecule has 0 bridgehead atoms. The zero-order chi connectivity index (χ0) is 20.2. The number of rotatable bonds is 6. The van der Waals surface area contributed by atoms with Gasteiger partial charge in [0.2, 0.25) is 11.8 Å². The van der Waals surface area contributed by atoms with E-state index >= 15 is 0 Å². The lowest BCUT2D eigenvalue weighted by atomic mass is 10.0. The normalized spacial score (nSPS) is 18.3. The molecule has 1 atom stereocenters. The lowest BCUT2D eigenvalue weighted by molar-refractivity contribution is -0.132. The largest absolute Gasteiger partial charge is 0.494 e. The van der Waals surface area contributed by atoms with Crippen LogP contribution in [0.1, 0.15) is 49.3 Å². The van der Waals surface area contributed by atoms with Gasteiger partial charge in [-0.25, -0.2) is 4.39 Å². The van der Waals surface area contributed by atoms with Crippen LogP contribution >= 0.6 is 0 Å². The molecule has 2 amide bonds. The van der Waals surface area contributed by atoms with Gasteiger partial charge < -0.3 is 15.0 Å². The van der Waals surface area contributed by atoms with Gasteiger partial charge in [0.15, 0.2) is 0 Å². The van der Waals surface area contributed by atoms with Crippen LogP contribution in [0.5, 0.6) is 5.75 Å². The van der Waals surface area contributed by atoms with E-state index in [-0.39, 0.29) is 23.7 Å². The summed E-state index contributed by atoms with van der Waals surface area (Å²) in [6, 6.07) is 12.2. The first kappa shape index (κ1) is 19.4. The maximum absolute atomic E-state index is 13.2. The fourth-order valence-electron chi connectivity index (χ4n) is 4.10. The number of hydrogen-bond acceptors (Lipinski definition) is 3. The predicted molar refractivity (Wildman–Crippen MR) is 108 cm³/mol. The molecule has 2 aliphatic rings. The average Bonchev–Trinajstić information content (AvgIpc) is 3.21. The molecule has 0 radical (unpaired) electrons. The Kier molecular flexibility index (Phi) is 5.79. The van der Waals surface area contributed by atoms with E-state index < -0.39 is 0 Å². The van der Waals surface area contributed by atoms with Crippen molar-refractivity contribution in [1.29, 1.82) is 0 Å². The van der Waals surface area contributed by atoms with Gasteiger partial charge in [-0.3, -0.25) is 9.59 Å². The molecule has 29 heavy (non-hydrogen) atoms. The highest BCUT2D eigenvalue weighted by Gasteiger charge is 2.29. The smallest absolute Gasteiger partial charge is 0.224 e. The number of hydrogen-bond donors (Lipinski definition) is 1. The van der Waals surface area contributed by atoms with Crippen molar-refractivity contribution in [2.24, 2.45) is 0 Å². The Morgan fingerprint density at radius 3 is 2.83 bits per heavy atom. The second kappa shape index (κ2) is 8.64. The molecule has 2 aromatic rings. The number of amides is 2. The third kappa shape index (κ3) is 4.58. The summed E-state index contributed by atoms with van der Waals surface area (Å²) < 4.78 is 19.0. The maximum Gasteiger partial charge on any atom is 0.224 e. The zero-order valence-electron chi connectivity index (χ0n) is 16.3. The van der Waals surface area contributed by atoms with E-state index in [1.807, 2.05) is 23.1 Å². The first-order valence-corrected chi connectivity index (χ1v) is 10.2. The van der Waals surface area contributed by atoms with E-state index in [1.165, 1.54) is 12.1 Å². The van der Waals surface area contributed by atoms with Gasteiger partial charge in [-0.1, -0.05) is 12.1 Å². The second-order valence-electron chi connectivity index (χ2n) is 7.62. The maximum atomic E-state index is 13.2. The van der Waals surface area contributed by atoms with Crippen molar-refractivity contribution in [2.75, 3.05) is 18.5 Å². The third-order valence-electron chi connectivity index (χ3n) is 5.60. The van der Waals surface area contributed by atoms with Gasteiger partial charge in [0.05, 0.1) is 12.6 Å². The van der Waals surface area contributed by atoms with Crippen molar-refractivity contribution < 1.29 is 18.7 Å². The van der Waals surface area contributed by atoms with Crippen LogP contribution in [0.25, 0.3) is 0 Å². The summed E-state index contributed by atoms with van der Waals surface area (Å²) in [5, 5.41) is 2.86. The first-order valence-electron chi connectivity index (χ1n) is 10.2. The summed E-state index contributed by atoms with van der Waals surface area (Å²) in [6.07, 6.45) is 4.17. The molecule has 1 unspecified atom stereocenters. The first-order chi connectivity index (χ1) is 14.1. The predicted octanol–water partition coefficient (Wildman–Crippen LogP) is 4.23. The molecule has 6 heteroatoms. The van der Waals surface area contributed by atoms with E-state index in [4.69, 9.17) is 4.74 Å². The topological polar surface area (TPSA) is 58.6 Å². The fourth-order valence-corrected chi connectivity index (χ4v) is 4.10. The van der Waals surface area contributed by atoms with Gasteiger partial charge in [-0.15, -0.1) is 0 Å². The van der Waals surface area contributed by atoms with Gasteiger partial charge >= 0.3 is 0 Å². The van der Waals surface area contributed by atoms with Crippen molar-refractivity contribution >= 4 is 17.5 Å². The van der Waals surface area contributed by atoms with Crippen LogP contribution in [0, 0.1) is 5.82 Å². The van der Waals surface area contributed by atoms with Gasteiger partial charge in [0, 0.05) is 25.1 Å². The molecular weight excluding hydrogens is 371 g/mol. The highest BCUT2D eigenvalue weighted by Crippen LogP contribution is 2.32. The minimum Gasteiger partial charge on any atom is -0.494 e. The molecule has 5 nitrogen and oxygen atoms in total. The molecule has 0 aromatic heterocycles. The number of nitrogens with one attached hydrogen (secondary N) is 1. The van der Waals surface area contributed by atoms with Crippen LogP contribution in [0.15, 0.2) is 42.5 Å². The van der Waals surface area contributed by atoms with E-state index in [0.717, 1.165) is 48.4 Å². The lowest BCUT2D eigenvalue weighted by Crippen LogP contribution is -2.30. The zero-order valence-corrected chi connectivity index (χ0v) is 16.3. The third-order valence-corrected chi connectivity index (χ3v) is 5.60. The molecule has 0 spiro atoms. The number of anilines is 1. The Hall–Kier alpha value is -2.89. The average molecular weight is 396 g/mol. The summed E-state index contributed by atoms with van der Waals surface area (Å²) in [5.74, 6) is 0.670. The van der Waals surface area contributed by atoms with Crippen molar-refractivity contribution in [2.45, 2.75) is 44.6 Å². The highest BCUT2D eigenvalue weighted by molar-refractivity contribution is 5.94. The van der Waals surface area contributed by atoms with Crippen molar-refractivity contribution in [3.8, 4) is 5.75 Å². The fraction of sp³-hybridized carbons (Fsp3) is 0.391. The Morgan fingerprint density at radius 1 is 1.17 bits per heavy atom. The van der Waals surface area contributed by atoms with E-state index in [0.29, 0.717) is 25.9 Å². The molecule has 0 aliphatic carbocycles. The Labute approximate surface area is 169 Å². The lowest BCUT2D eigenvalue weighted by Gasteiger charge is -2.25. The summed E-state index contributed by atoms with van der Waals surface area (Å²) in [5.41, 5.74) is 2.93. The molecule has 1 saturated heterocycles. The number of benzene rings is 2. The number of ether oxygens (including phenoxy) is 1. The highest BCUT2D eigenvalue weighted by atomic mass is 19.1. The number of halogens is 1.